The highest BCUT2D eigenvalue weighted by Gasteiger charge is 2.17. The normalized spacial score (nSPS) is 15.2. The number of aromatic nitrogens is 3. The second kappa shape index (κ2) is 4.96. The van der Waals surface area contributed by atoms with Gasteiger partial charge in [0.25, 0.3) is 0 Å². The summed E-state index contributed by atoms with van der Waals surface area (Å²) >= 11 is 0. The molecule has 0 radical (unpaired) electrons. The molecule has 0 spiro atoms. The molecule has 0 atom stereocenters. The summed E-state index contributed by atoms with van der Waals surface area (Å²) in [7, 11) is 0. The Kier molecular flexibility index (Phi) is 3.14. The molecule has 0 bridgehead atoms. The van der Waals surface area contributed by atoms with Crippen molar-refractivity contribution in [2.75, 3.05) is 0 Å². The lowest BCUT2D eigenvalue weighted by Gasteiger charge is -2.14. The zero-order valence-electron chi connectivity index (χ0n) is 11.4. The first-order chi connectivity index (χ1) is 9.69. The van der Waals surface area contributed by atoms with Gasteiger partial charge >= 0.3 is 0 Å². The summed E-state index contributed by atoms with van der Waals surface area (Å²) in [5.74, 6) is 0.855. The molecule has 3 N–H and O–H groups in total. The number of hydrogen-bond acceptors (Lipinski definition) is 4. The Labute approximate surface area is 117 Å². The lowest BCUT2D eigenvalue weighted by Crippen LogP contribution is -2.15. The Bertz CT molecular complexity index is 674. The summed E-state index contributed by atoms with van der Waals surface area (Å²) in [5, 5.41) is 11.9. The summed E-state index contributed by atoms with van der Waals surface area (Å²) in [6, 6.07) is 3.61. The first-order valence-corrected chi connectivity index (χ1v) is 6.71. The van der Waals surface area contributed by atoms with Crippen molar-refractivity contribution in [2.24, 2.45) is 10.9 Å². The predicted molar refractivity (Wildman–Crippen MR) is 75.2 cm³/mol. The van der Waals surface area contributed by atoms with Gasteiger partial charge in [0.1, 0.15) is 12.1 Å². The van der Waals surface area contributed by atoms with Gasteiger partial charge in [-0.05, 0) is 44.7 Å². The topological polar surface area (TPSA) is 89.3 Å². The molecule has 6 nitrogen and oxygen atoms in total. The third kappa shape index (κ3) is 2.13. The number of fused-ring (bicyclic) bond motifs is 1. The van der Waals surface area contributed by atoms with Crippen LogP contribution in [-0.4, -0.2) is 25.6 Å². The second-order valence-electron chi connectivity index (χ2n) is 5.06. The summed E-state index contributed by atoms with van der Waals surface area (Å²) < 4.78 is 2.01. The quantitative estimate of drug-likeness (QED) is 0.375. The molecule has 104 valence electrons. The fourth-order valence-corrected chi connectivity index (χ4v) is 2.65. The number of pyridine rings is 1. The van der Waals surface area contributed by atoms with E-state index in [9.17, 15) is 0 Å². The molecule has 20 heavy (non-hydrogen) atoms. The van der Waals surface area contributed by atoms with Crippen LogP contribution in [0.5, 0.6) is 0 Å². The lowest BCUT2D eigenvalue weighted by molar-refractivity contribution is 0.318. The van der Waals surface area contributed by atoms with Crippen LogP contribution in [0.15, 0.2) is 23.6 Å². The van der Waals surface area contributed by atoms with E-state index in [1.54, 1.807) is 6.07 Å². The summed E-state index contributed by atoms with van der Waals surface area (Å²) in [4.78, 5) is 9.00. The highest BCUT2D eigenvalue weighted by atomic mass is 16.4. The summed E-state index contributed by atoms with van der Waals surface area (Å²) in [5.41, 5.74) is 9.53. The molecule has 1 aliphatic rings. The first kappa shape index (κ1) is 12.7. The molecule has 1 aliphatic carbocycles. The number of aryl methyl sites for hydroxylation is 2. The van der Waals surface area contributed by atoms with Crippen molar-refractivity contribution in [1.82, 2.24) is 14.5 Å². The summed E-state index contributed by atoms with van der Waals surface area (Å²) in [6.45, 7) is 1.89. The van der Waals surface area contributed by atoms with Gasteiger partial charge in [-0.25, -0.2) is 9.97 Å². The lowest BCUT2D eigenvalue weighted by atomic mass is 10.0. The van der Waals surface area contributed by atoms with Crippen LogP contribution in [0.2, 0.25) is 0 Å². The van der Waals surface area contributed by atoms with Crippen molar-refractivity contribution >= 4 is 5.84 Å². The summed E-state index contributed by atoms with van der Waals surface area (Å²) in [6.07, 6.45) is 6.23. The van der Waals surface area contributed by atoms with Gasteiger partial charge in [-0.3, -0.25) is 4.57 Å². The predicted octanol–water partition coefficient (Wildman–Crippen LogP) is 1.55. The molecular formula is C14H17N5O. The van der Waals surface area contributed by atoms with E-state index >= 15 is 0 Å². The maximum Gasteiger partial charge on any atom is 0.170 e. The number of amidine groups is 1. The monoisotopic (exact) mass is 271 g/mol. The van der Waals surface area contributed by atoms with Crippen molar-refractivity contribution in [3.8, 4) is 5.82 Å². The number of nitrogens with two attached hydrogens (primary N) is 1. The van der Waals surface area contributed by atoms with Crippen LogP contribution in [0.1, 0.15) is 35.5 Å². The Balaban J connectivity index is 2.10. The molecule has 6 heteroatoms. The van der Waals surface area contributed by atoms with Gasteiger partial charge in [0.15, 0.2) is 5.84 Å². The van der Waals surface area contributed by atoms with E-state index in [-0.39, 0.29) is 5.84 Å². The molecule has 0 saturated carbocycles. The molecule has 0 unspecified atom stereocenters. The third-order valence-electron chi connectivity index (χ3n) is 3.62. The van der Waals surface area contributed by atoms with Crippen LogP contribution in [0.25, 0.3) is 5.82 Å². The van der Waals surface area contributed by atoms with E-state index in [1.165, 1.54) is 18.5 Å². The van der Waals surface area contributed by atoms with Gasteiger partial charge in [-0.2, -0.15) is 0 Å². The van der Waals surface area contributed by atoms with Crippen molar-refractivity contribution in [2.45, 2.75) is 32.6 Å². The van der Waals surface area contributed by atoms with E-state index in [1.807, 2.05) is 23.9 Å². The minimum atomic E-state index is 0.0886. The maximum atomic E-state index is 8.82. The highest BCUT2D eigenvalue weighted by molar-refractivity contribution is 5.97. The fourth-order valence-electron chi connectivity index (χ4n) is 2.65. The molecule has 0 saturated heterocycles. The molecule has 0 fully saturated rings. The van der Waals surface area contributed by atoms with Crippen molar-refractivity contribution in [3.63, 3.8) is 0 Å². The molecule has 0 aromatic carbocycles. The maximum absolute atomic E-state index is 8.82. The smallest absolute Gasteiger partial charge is 0.170 e. The van der Waals surface area contributed by atoms with E-state index in [2.05, 4.69) is 15.1 Å². The van der Waals surface area contributed by atoms with Gasteiger partial charge in [0, 0.05) is 17.0 Å². The number of rotatable bonds is 2. The van der Waals surface area contributed by atoms with Crippen molar-refractivity contribution < 1.29 is 5.21 Å². The Morgan fingerprint density at radius 2 is 2.15 bits per heavy atom. The van der Waals surface area contributed by atoms with Crippen LogP contribution in [0.4, 0.5) is 0 Å². The Morgan fingerprint density at radius 3 is 2.95 bits per heavy atom. The van der Waals surface area contributed by atoms with Crippen LogP contribution in [0, 0.1) is 6.92 Å². The van der Waals surface area contributed by atoms with E-state index in [4.69, 9.17) is 10.9 Å². The van der Waals surface area contributed by atoms with Gasteiger partial charge in [-0.15, -0.1) is 0 Å². The number of hydrogen-bond donors (Lipinski definition) is 2. The fraction of sp³-hybridized carbons (Fsp3) is 0.357. The van der Waals surface area contributed by atoms with Gasteiger partial charge in [0.2, 0.25) is 0 Å². The van der Waals surface area contributed by atoms with E-state index in [0.717, 1.165) is 30.0 Å². The molecule has 0 aliphatic heterocycles. The number of nitrogens with zero attached hydrogens (tertiary/aromatic N) is 4. The van der Waals surface area contributed by atoms with Crippen LogP contribution in [0.3, 0.4) is 0 Å². The van der Waals surface area contributed by atoms with E-state index < -0.39 is 0 Å². The molecule has 2 heterocycles. The standard InChI is InChI=1S/C14H17N5O/c1-9-6-10(14(15)18-20)7-13(17-9)19-8-16-11-4-2-3-5-12(11)19/h6-8,20H,2-5H2,1H3,(H2,15,18). The zero-order valence-corrected chi connectivity index (χ0v) is 11.4. The molecule has 2 aromatic rings. The van der Waals surface area contributed by atoms with Crippen LogP contribution < -0.4 is 5.73 Å². The largest absolute Gasteiger partial charge is 0.409 e. The minimum Gasteiger partial charge on any atom is -0.409 e. The van der Waals surface area contributed by atoms with Gasteiger partial charge < -0.3 is 10.9 Å². The third-order valence-corrected chi connectivity index (χ3v) is 3.62. The zero-order chi connectivity index (χ0) is 14.1. The average Bonchev–Trinajstić information content (AvgIpc) is 2.89. The van der Waals surface area contributed by atoms with Crippen LogP contribution >= 0.6 is 0 Å². The molecule has 3 rings (SSSR count). The molecular weight excluding hydrogens is 254 g/mol. The van der Waals surface area contributed by atoms with Crippen molar-refractivity contribution in [1.29, 1.82) is 0 Å². The Hall–Kier alpha value is -2.37. The Morgan fingerprint density at radius 1 is 1.35 bits per heavy atom. The minimum absolute atomic E-state index is 0.0886. The SMILES string of the molecule is Cc1cc(/C(N)=N/O)cc(-n2cnc3c2CCCC3)n1. The molecule has 2 aromatic heterocycles. The van der Waals surface area contributed by atoms with Crippen LogP contribution in [-0.2, 0) is 12.8 Å². The van der Waals surface area contributed by atoms with E-state index in [0.29, 0.717) is 5.56 Å². The molecule has 0 amide bonds. The highest BCUT2D eigenvalue weighted by Crippen LogP contribution is 2.23. The second-order valence-corrected chi connectivity index (χ2v) is 5.06. The number of imidazole rings is 1. The van der Waals surface area contributed by atoms with Gasteiger partial charge in [0.05, 0.1) is 5.69 Å². The van der Waals surface area contributed by atoms with Crippen molar-refractivity contribution in [3.05, 3.63) is 41.1 Å². The van der Waals surface area contributed by atoms with Gasteiger partial charge in [-0.1, -0.05) is 5.16 Å². The first-order valence-electron chi connectivity index (χ1n) is 6.71. The number of oxime groups is 1. The average molecular weight is 271 g/mol.